The van der Waals surface area contributed by atoms with Crippen LogP contribution in [0.5, 0.6) is 0 Å². The number of rotatable bonds is 28. The van der Waals surface area contributed by atoms with E-state index in [1.165, 1.54) is 54.4 Å². The zero-order valence-corrected chi connectivity index (χ0v) is 40.4. The first-order valence-corrected chi connectivity index (χ1v) is 22.0. The fraction of sp³-hybridized carbons (Fsp3) is 0.800. The molecule has 0 aromatic carbocycles. The molecule has 2 rings (SSSR count). The number of nitrogens with one attached hydrogen (secondary N) is 1. The molecule has 0 radical (unpaired) electrons. The van der Waals surface area contributed by atoms with Crippen molar-refractivity contribution in [1.29, 1.82) is 0 Å². The molecule has 65 heavy (non-hydrogen) atoms. The number of amides is 1. The first kappa shape index (κ1) is 57.7. The van der Waals surface area contributed by atoms with Crippen molar-refractivity contribution in [3.05, 3.63) is 24.8 Å². The molecular formula is C45H76N2O18. The van der Waals surface area contributed by atoms with E-state index in [4.69, 9.17) is 52.1 Å². The summed E-state index contributed by atoms with van der Waals surface area (Å²) >= 11 is 0. The molecule has 2 saturated heterocycles. The summed E-state index contributed by atoms with van der Waals surface area (Å²) in [6.07, 6.45) is -7.23. The van der Waals surface area contributed by atoms with Gasteiger partial charge in [0.15, 0.2) is 30.8 Å². The van der Waals surface area contributed by atoms with Crippen LogP contribution < -0.4 is 5.32 Å². The summed E-state index contributed by atoms with van der Waals surface area (Å²) in [4.78, 5) is 65.7. The minimum atomic E-state index is -1.46. The number of carbonyl (C=O) groups excluding carboxylic acids is 5. The number of nitrogens with zero attached hydrogens (tertiary/aromatic N) is 1. The van der Waals surface area contributed by atoms with Gasteiger partial charge in [0.1, 0.15) is 30.5 Å². The Hall–Kier alpha value is -3.41. The molecular weight excluding hydrogens is 856 g/mol. The highest BCUT2D eigenvalue weighted by atomic mass is 16.7. The van der Waals surface area contributed by atoms with Crippen LogP contribution in [0.25, 0.3) is 0 Å². The summed E-state index contributed by atoms with van der Waals surface area (Å²) in [6.45, 7) is 14.1. The van der Waals surface area contributed by atoms with Gasteiger partial charge in [0, 0.05) is 66.6 Å². The molecule has 0 aliphatic carbocycles. The molecule has 0 saturated carbocycles. The van der Waals surface area contributed by atoms with E-state index >= 15 is 0 Å². The molecule has 20 nitrogen and oxygen atoms in total. The predicted molar refractivity (Wildman–Crippen MR) is 233 cm³/mol. The second-order valence-corrected chi connectivity index (χ2v) is 16.7. The van der Waals surface area contributed by atoms with Crippen LogP contribution in [-0.4, -0.2) is 186 Å². The second kappa shape index (κ2) is 28.7. The SMILES string of the molecule is C=CC(CO[C@H]1O[C@@H](C)C(=O)[C@H](OC)[C@@H]1OC)C(CO)OC(=O)CC(O)C(C)C(O[C@H]1O[C@H](C)[C@H](OC(C)=O)[C@@H](N(C)C)[C@H]1OC(C)=O)C(CC(C)NC(=O)/C=C/CC)CC(OC)OC. The van der Waals surface area contributed by atoms with Crippen LogP contribution in [0.1, 0.15) is 74.1 Å². The highest BCUT2D eigenvalue weighted by molar-refractivity contribution is 5.88. The van der Waals surface area contributed by atoms with Gasteiger partial charge in [-0.2, -0.15) is 0 Å². The quantitative estimate of drug-likeness (QED) is 0.0333. The molecule has 2 aliphatic heterocycles. The van der Waals surface area contributed by atoms with E-state index in [9.17, 15) is 34.2 Å². The van der Waals surface area contributed by atoms with E-state index in [-0.39, 0.29) is 31.1 Å². The molecule has 16 atom stereocenters. The third-order valence-electron chi connectivity index (χ3n) is 11.6. The Morgan fingerprint density at radius 2 is 1.55 bits per heavy atom. The normalized spacial score (nSPS) is 28.2. The lowest BCUT2D eigenvalue weighted by Crippen LogP contribution is -2.65. The Bertz CT molecular complexity index is 1530. The lowest BCUT2D eigenvalue weighted by Gasteiger charge is -2.48. The van der Waals surface area contributed by atoms with Gasteiger partial charge >= 0.3 is 17.9 Å². The van der Waals surface area contributed by atoms with E-state index in [1.54, 1.807) is 45.8 Å². The summed E-state index contributed by atoms with van der Waals surface area (Å²) in [5.74, 6) is -5.04. The molecule has 0 spiro atoms. The number of esters is 3. The maximum Gasteiger partial charge on any atom is 0.308 e. The number of methoxy groups -OCH3 is 4. The van der Waals surface area contributed by atoms with Crippen molar-refractivity contribution in [1.82, 2.24) is 10.2 Å². The zero-order chi connectivity index (χ0) is 49.1. The van der Waals surface area contributed by atoms with Crippen molar-refractivity contribution >= 4 is 29.6 Å². The summed E-state index contributed by atoms with van der Waals surface area (Å²) < 4.78 is 64.2. The fourth-order valence-corrected chi connectivity index (χ4v) is 8.20. The summed E-state index contributed by atoms with van der Waals surface area (Å²) in [5, 5.41) is 25.3. The number of carbonyl (C=O) groups is 5. The zero-order valence-electron chi connectivity index (χ0n) is 40.4. The lowest BCUT2D eigenvalue weighted by molar-refractivity contribution is -0.309. The Labute approximate surface area is 383 Å². The van der Waals surface area contributed by atoms with E-state index in [2.05, 4.69) is 11.9 Å². The minimum Gasteiger partial charge on any atom is -0.459 e. The fourth-order valence-electron chi connectivity index (χ4n) is 8.20. The molecule has 1 amide bonds. The monoisotopic (exact) mass is 933 g/mol. The molecule has 2 heterocycles. The highest BCUT2D eigenvalue weighted by Gasteiger charge is 2.52. The maximum atomic E-state index is 13.7. The Morgan fingerprint density at radius 3 is 2.08 bits per heavy atom. The van der Waals surface area contributed by atoms with E-state index < -0.39 is 135 Å². The number of aliphatic hydroxyl groups is 2. The number of hydrogen-bond acceptors (Lipinski definition) is 19. The number of ketones is 1. The smallest absolute Gasteiger partial charge is 0.308 e. The Balaban J connectivity index is 2.53. The summed E-state index contributed by atoms with van der Waals surface area (Å²) in [5.41, 5.74) is 0. The van der Waals surface area contributed by atoms with Gasteiger partial charge in [0.05, 0.1) is 44.0 Å². The molecule has 3 N–H and O–H groups in total. The van der Waals surface area contributed by atoms with Gasteiger partial charge in [0.25, 0.3) is 0 Å². The highest BCUT2D eigenvalue weighted by Crippen LogP contribution is 2.36. The van der Waals surface area contributed by atoms with Gasteiger partial charge in [-0.3, -0.25) is 28.9 Å². The van der Waals surface area contributed by atoms with Crippen molar-refractivity contribution in [2.45, 2.75) is 160 Å². The van der Waals surface area contributed by atoms with E-state index in [0.717, 1.165) is 0 Å². The predicted octanol–water partition coefficient (Wildman–Crippen LogP) is 1.85. The van der Waals surface area contributed by atoms with Crippen molar-refractivity contribution < 1.29 is 86.3 Å². The van der Waals surface area contributed by atoms with Gasteiger partial charge in [-0.05, 0) is 59.7 Å². The van der Waals surface area contributed by atoms with E-state index in [0.29, 0.717) is 6.42 Å². The molecule has 20 heteroatoms. The van der Waals surface area contributed by atoms with E-state index in [1.807, 2.05) is 13.8 Å². The van der Waals surface area contributed by atoms with Crippen LogP contribution in [0, 0.1) is 17.8 Å². The van der Waals surface area contributed by atoms with Crippen LogP contribution in [-0.2, 0) is 76.1 Å². The van der Waals surface area contributed by atoms with Gasteiger partial charge in [-0.25, -0.2) is 0 Å². The van der Waals surface area contributed by atoms with Gasteiger partial charge in [-0.15, -0.1) is 6.58 Å². The number of ether oxygens (including phenoxy) is 11. The van der Waals surface area contributed by atoms with Gasteiger partial charge < -0.3 is 67.6 Å². The average molecular weight is 933 g/mol. The molecule has 0 aromatic rings. The largest absolute Gasteiger partial charge is 0.459 e. The number of likely N-dealkylation sites (N-methyl/N-ethyl adjacent to an activating group) is 1. The first-order chi connectivity index (χ1) is 30.7. The average Bonchev–Trinajstić information content (AvgIpc) is 3.24. The molecule has 2 fully saturated rings. The molecule has 374 valence electrons. The number of aliphatic hydroxyl groups excluding tert-OH is 2. The van der Waals surface area contributed by atoms with Crippen molar-refractivity contribution in [2.75, 3.05) is 55.7 Å². The van der Waals surface area contributed by atoms with Crippen molar-refractivity contribution in [2.24, 2.45) is 17.8 Å². The molecule has 0 bridgehead atoms. The summed E-state index contributed by atoms with van der Waals surface area (Å²) in [6, 6.07) is -1.22. The molecule has 2 aliphatic rings. The van der Waals surface area contributed by atoms with Gasteiger partial charge in [0.2, 0.25) is 5.91 Å². The molecule has 7 unspecified atom stereocenters. The summed E-state index contributed by atoms with van der Waals surface area (Å²) in [7, 11) is 9.14. The van der Waals surface area contributed by atoms with Crippen molar-refractivity contribution in [3.8, 4) is 0 Å². The standard InChI is InChI=1S/C45H76N2O18/c1-15-17-18-34(52)46-24(3)19-31(20-36(55-11)56-12)39(65-45-41(63-29(8)50)37(47(9)10)40(27(6)61-45)62-28(7)49)25(4)32(51)21-35(53)64-33(22-48)30(16-2)23-59-44-43(58-14)42(57-13)38(54)26(5)60-44/h16-18,24-27,30-33,36-37,39-45,48,51H,2,15,19-23H2,1,3-14H3,(H,46,52)/b18-17+/t24?,25?,26-,27+,30?,31?,32?,33?,37+,39?,40-,41+,42-,43-,44-,45+/m0/s1. The third-order valence-corrected chi connectivity index (χ3v) is 11.6. The van der Waals surface area contributed by atoms with Crippen LogP contribution in [0.15, 0.2) is 24.8 Å². The van der Waals surface area contributed by atoms with Gasteiger partial charge in [-0.1, -0.05) is 26.0 Å². The maximum absolute atomic E-state index is 13.7. The second-order valence-electron chi connectivity index (χ2n) is 16.7. The third kappa shape index (κ3) is 17.3. The Morgan fingerprint density at radius 1 is 0.923 bits per heavy atom. The first-order valence-electron chi connectivity index (χ1n) is 22.0. The Kier molecular flexibility index (Phi) is 25.5. The lowest BCUT2D eigenvalue weighted by atomic mass is 9.81. The number of allylic oxidation sites excluding steroid dienone is 1. The number of Topliss-reactive ketones (excluding diaryl/α,β-unsaturated/α-hetero) is 1. The van der Waals surface area contributed by atoms with Crippen LogP contribution in [0.3, 0.4) is 0 Å². The van der Waals surface area contributed by atoms with Crippen LogP contribution >= 0.6 is 0 Å². The van der Waals surface area contributed by atoms with Crippen LogP contribution in [0.4, 0.5) is 0 Å². The molecule has 0 aromatic heterocycles. The van der Waals surface area contributed by atoms with Crippen LogP contribution in [0.2, 0.25) is 0 Å². The topological polar surface area (TPSA) is 243 Å². The minimum absolute atomic E-state index is 0.165. The number of hydrogen-bond donors (Lipinski definition) is 3. The van der Waals surface area contributed by atoms with Crippen molar-refractivity contribution in [3.63, 3.8) is 0 Å².